The minimum atomic E-state index is -0.338. The number of H-pyrrole nitrogens is 1. The lowest BCUT2D eigenvalue weighted by Crippen LogP contribution is -2.19. The van der Waals surface area contributed by atoms with Gasteiger partial charge in [-0.25, -0.2) is 4.98 Å². The Balaban J connectivity index is 1.72. The van der Waals surface area contributed by atoms with Crippen LogP contribution in [0.25, 0.3) is 28.3 Å². The lowest BCUT2D eigenvalue weighted by atomic mass is 10.1. The molecule has 0 amide bonds. The van der Waals surface area contributed by atoms with Crippen LogP contribution in [-0.4, -0.2) is 19.4 Å². The number of nitrogens with one attached hydrogen (secondary N) is 1. The monoisotopic (exact) mass is 433 g/mol. The zero-order valence-electron chi connectivity index (χ0n) is 18.0. The summed E-state index contributed by atoms with van der Waals surface area (Å²) in [7, 11) is 0. The maximum Gasteiger partial charge on any atom is 0.269 e. The van der Waals surface area contributed by atoms with Gasteiger partial charge in [-0.05, 0) is 55.8 Å². The third-order valence-electron chi connectivity index (χ3n) is 5.34. The van der Waals surface area contributed by atoms with Crippen LogP contribution in [0, 0.1) is 25.2 Å². The fourth-order valence-electron chi connectivity index (χ4n) is 3.59. The lowest BCUT2D eigenvalue weighted by Gasteiger charge is -2.11. The van der Waals surface area contributed by atoms with Crippen molar-refractivity contribution in [2.24, 2.45) is 0 Å². The number of aryl methyl sites for hydroxylation is 2. The van der Waals surface area contributed by atoms with Gasteiger partial charge in [0.25, 0.3) is 5.56 Å². The number of para-hydroxylation sites is 2. The van der Waals surface area contributed by atoms with E-state index in [-0.39, 0.29) is 22.6 Å². The van der Waals surface area contributed by atoms with Crippen LogP contribution in [0.2, 0.25) is 0 Å². The number of hydrogen-bond acceptors (Lipinski definition) is 5. The summed E-state index contributed by atoms with van der Waals surface area (Å²) in [4.78, 5) is 25.7. The molecule has 3 heterocycles. The molecule has 0 aliphatic heterocycles. The number of aromatic nitrogens is 4. The van der Waals surface area contributed by atoms with Gasteiger partial charge >= 0.3 is 0 Å². The van der Waals surface area contributed by atoms with E-state index in [0.29, 0.717) is 17.2 Å². The smallest absolute Gasteiger partial charge is 0.269 e. The molecule has 3 aromatic heterocycles. The van der Waals surface area contributed by atoms with E-state index in [9.17, 15) is 10.1 Å². The van der Waals surface area contributed by atoms with Crippen LogP contribution < -0.4 is 10.3 Å². The van der Waals surface area contributed by atoms with E-state index >= 15 is 0 Å². The molecule has 0 aliphatic rings. The quantitative estimate of drug-likeness (QED) is 0.400. The summed E-state index contributed by atoms with van der Waals surface area (Å²) < 4.78 is 7.49. The van der Waals surface area contributed by atoms with E-state index < -0.39 is 0 Å². The topological polar surface area (TPSA) is 96.1 Å². The molecule has 0 saturated carbocycles. The molecule has 5 rings (SSSR count). The highest BCUT2D eigenvalue weighted by Crippen LogP contribution is 2.27. The van der Waals surface area contributed by atoms with Gasteiger partial charge in [-0.15, -0.1) is 0 Å². The average molecular weight is 433 g/mol. The third-order valence-corrected chi connectivity index (χ3v) is 5.34. The second-order valence-electron chi connectivity index (χ2n) is 7.71. The first-order valence-corrected chi connectivity index (χ1v) is 10.4. The molecule has 0 spiro atoms. The predicted molar refractivity (Wildman–Crippen MR) is 127 cm³/mol. The van der Waals surface area contributed by atoms with Crippen molar-refractivity contribution in [2.75, 3.05) is 0 Å². The second-order valence-corrected chi connectivity index (χ2v) is 7.71. The molecule has 1 N–H and O–H groups in total. The number of aromatic amines is 1. The van der Waals surface area contributed by atoms with Gasteiger partial charge in [0.1, 0.15) is 28.9 Å². The minimum Gasteiger partial charge on any atom is -0.438 e. The molecule has 0 fully saturated rings. The number of allylic oxidation sites excluding steroid dienone is 1. The first-order chi connectivity index (χ1) is 16.0. The van der Waals surface area contributed by atoms with Gasteiger partial charge in [0.2, 0.25) is 5.88 Å². The molecule has 7 heteroatoms. The Hall–Kier alpha value is -4.70. The number of fused-ring (bicyclic) bond motifs is 2. The number of nitriles is 1. The fourth-order valence-corrected chi connectivity index (χ4v) is 3.59. The molecule has 0 saturated heterocycles. The van der Waals surface area contributed by atoms with Gasteiger partial charge in [0, 0.05) is 6.20 Å². The van der Waals surface area contributed by atoms with Crippen molar-refractivity contribution in [3.05, 3.63) is 99.7 Å². The summed E-state index contributed by atoms with van der Waals surface area (Å²) >= 11 is 0. The second kappa shape index (κ2) is 8.09. The summed E-state index contributed by atoms with van der Waals surface area (Å²) in [5.41, 5.74) is 3.96. The first kappa shape index (κ1) is 20.2. The number of nitrogens with zero attached hydrogens (tertiary/aromatic N) is 4. The molecule has 0 bridgehead atoms. The van der Waals surface area contributed by atoms with Gasteiger partial charge in [-0.1, -0.05) is 35.9 Å². The van der Waals surface area contributed by atoms with Crippen LogP contribution in [0.15, 0.2) is 71.7 Å². The Morgan fingerprint density at radius 1 is 1.06 bits per heavy atom. The molecule has 33 heavy (non-hydrogen) atoms. The van der Waals surface area contributed by atoms with E-state index in [1.54, 1.807) is 12.3 Å². The van der Waals surface area contributed by atoms with Gasteiger partial charge < -0.3 is 9.72 Å². The zero-order chi connectivity index (χ0) is 22.9. The average Bonchev–Trinajstić information content (AvgIpc) is 3.25. The number of hydrogen-bond donors (Lipinski definition) is 1. The Bertz CT molecular complexity index is 1600. The van der Waals surface area contributed by atoms with Crippen molar-refractivity contribution in [1.82, 2.24) is 19.4 Å². The summed E-state index contributed by atoms with van der Waals surface area (Å²) in [5, 5.41) is 9.88. The van der Waals surface area contributed by atoms with Crippen LogP contribution >= 0.6 is 0 Å². The van der Waals surface area contributed by atoms with Crippen LogP contribution in [-0.2, 0) is 0 Å². The van der Waals surface area contributed by atoms with Crippen molar-refractivity contribution >= 4 is 28.3 Å². The van der Waals surface area contributed by atoms with Crippen molar-refractivity contribution < 1.29 is 4.74 Å². The fraction of sp³-hybridized carbons (Fsp3) is 0.0769. The molecular weight excluding hydrogens is 414 g/mol. The highest BCUT2D eigenvalue weighted by molar-refractivity contribution is 5.91. The molecule has 2 aromatic carbocycles. The first-order valence-electron chi connectivity index (χ1n) is 10.4. The van der Waals surface area contributed by atoms with Crippen molar-refractivity contribution in [3.63, 3.8) is 0 Å². The van der Waals surface area contributed by atoms with E-state index in [2.05, 4.69) is 21.0 Å². The highest BCUT2D eigenvalue weighted by atomic mass is 16.5. The molecule has 5 aromatic rings. The Morgan fingerprint density at radius 3 is 2.61 bits per heavy atom. The summed E-state index contributed by atoms with van der Waals surface area (Å²) in [6, 6.07) is 20.8. The predicted octanol–water partition coefficient (Wildman–Crippen LogP) is 5.04. The normalized spacial score (nSPS) is 11.6. The zero-order valence-corrected chi connectivity index (χ0v) is 18.0. The van der Waals surface area contributed by atoms with E-state index in [4.69, 9.17) is 4.74 Å². The largest absolute Gasteiger partial charge is 0.438 e. The van der Waals surface area contributed by atoms with E-state index in [0.717, 1.165) is 22.2 Å². The number of pyridine rings is 1. The van der Waals surface area contributed by atoms with Crippen LogP contribution in [0.1, 0.15) is 22.5 Å². The number of benzene rings is 2. The van der Waals surface area contributed by atoms with Crippen LogP contribution in [0.3, 0.4) is 0 Å². The van der Waals surface area contributed by atoms with E-state index in [1.165, 1.54) is 10.5 Å². The summed E-state index contributed by atoms with van der Waals surface area (Å²) in [6.45, 7) is 3.86. The van der Waals surface area contributed by atoms with Crippen molar-refractivity contribution in [3.8, 4) is 17.7 Å². The molecule has 0 unspecified atom stereocenters. The number of imidazole rings is 1. The standard InChI is InChI=1S/C26H19N5O2/c1-16-9-11-19(12-10-16)33-25-20(26(32)31-13-5-6-17(2)24(31)30-25)14-18(15-27)23-28-21-7-3-4-8-22(21)29-23/h3-14H,1-2H3,(H,28,29)/b18-14+. The third kappa shape index (κ3) is 3.75. The lowest BCUT2D eigenvalue weighted by molar-refractivity contribution is 0.460. The number of ether oxygens (including phenoxy) is 1. The van der Waals surface area contributed by atoms with Crippen molar-refractivity contribution in [1.29, 1.82) is 5.26 Å². The van der Waals surface area contributed by atoms with Gasteiger partial charge in [0.15, 0.2) is 0 Å². The molecule has 160 valence electrons. The van der Waals surface area contributed by atoms with Gasteiger partial charge in [-0.3, -0.25) is 9.20 Å². The van der Waals surface area contributed by atoms with Crippen LogP contribution in [0.5, 0.6) is 11.6 Å². The van der Waals surface area contributed by atoms with Crippen molar-refractivity contribution in [2.45, 2.75) is 13.8 Å². The molecule has 7 nitrogen and oxygen atoms in total. The maximum atomic E-state index is 13.5. The van der Waals surface area contributed by atoms with Crippen LogP contribution in [0.4, 0.5) is 0 Å². The SMILES string of the molecule is Cc1ccc(Oc2nc3c(C)cccn3c(=O)c2/C=C(\C#N)c2nc3ccccc3[nH]2)cc1. The minimum absolute atomic E-state index is 0.127. The van der Waals surface area contributed by atoms with E-state index in [1.807, 2.05) is 68.4 Å². The number of rotatable bonds is 4. The molecular formula is C26H19N5O2. The molecule has 0 radical (unpaired) electrons. The molecule has 0 aliphatic carbocycles. The summed E-state index contributed by atoms with van der Waals surface area (Å²) in [6.07, 6.45) is 3.13. The highest BCUT2D eigenvalue weighted by Gasteiger charge is 2.17. The molecule has 0 atom stereocenters. The summed E-state index contributed by atoms with van der Waals surface area (Å²) in [5.74, 6) is 1.04. The van der Waals surface area contributed by atoms with Gasteiger partial charge in [-0.2, -0.15) is 10.2 Å². The van der Waals surface area contributed by atoms with Gasteiger partial charge in [0.05, 0.1) is 16.6 Å². The Morgan fingerprint density at radius 2 is 1.85 bits per heavy atom. The Labute approximate surface area is 189 Å². The maximum absolute atomic E-state index is 13.5. The Kier molecular flexibility index (Phi) is 4.96.